The molecule has 0 spiro atoms. The van der Waals surface area contributed by atoms with Crippen LogP contribution in [-0.4, -0.2) is 6.21 Å². The lowest BCUT2D eigenvalue weighted by Gasteiger charge is -2.02. The van der Waals surface area contributed by atoms with Gasteiger partial charge in [0.1, 0.15) is 7.05 Å². The van der Waals surface area contributed by atoms with E-state index >= 15 is 0 Å². The lowest BCUT2D eigenvalue weighted by atomic mass is 10.00. The van der Waals surface area contributed by atoms with Gasteiger partial charge in [-0.15, -0.1) is 0 Å². The molecule has 1 aliphatic heterocycles. The summed E-state index contributed by atoms with van der Waals surface area (Å²) >= 11 is 0. The van der Waals surface area contributed by atoms with Crippen molar-refractivity contribution >= 4 is 18.0 Å². The number of pyridine rings is 1. The normalized spacial score (nSPS) is 16.4. The van der Waals surface area contributed by atoms with Gasteiger partial charge in [-0.2, -0.15) is 0 Å². The Hall–Kier alpha value is -1.49. The molecule has 3 rings (SSSR count). The molecule has 0 radical (unpaired) electrons. The number of hydrogen-bond donors (Lipinski definition) is 0. The maximum absolute atomic E-state index is 4.43. The topological polar surface area (TPSA) is 16.2 Å². The molecule has 96 valence electrons. The predicted molar refractivity (Wildman–Crippen MR) is 74.0 cm³/mol. The molecule has 0 bridgehead atoms. The number of halogens is 1. The Labute approximate surface area is 130 Å². The highest BCUT2D eigenvalue weighted by atomic mass is 127. The van der Waals surface area contributed by atoms with Gasteiger partial charge in [-0.05, 0) is 17.2 Å². The van der Waals surface area contributed by atoms with E-state index in [4.69, 9.17) is 0 Å². The Morgan fingerprint density at radius 2 is 1.84 bits per heavy atom. The second-order valence-corrected chi connectivity index (χ2v) is 4.52. The number of allylic oxidation sites excluding steroid dienone is 1. The molecule has 0 fully saturated rings. The summed E-state index contributed by atoms with van der Waals surface area (Å²) in [6.07, 6.45) is 10.5. The molecule has 2 heterocycles. The third-order valence-electron chi connectivity index (χ3n) is 3.17. The van der Waals surface area contributed by atoms with Gasteiger partial charge in [0, 0.05) is 24.3 Å². The van der Waals surface area contributed by atoms with Crippen LogP contribution in [0.1, 0.15) is 17.0 Å². The predicted octanol–water partition coefficient (Wildman–Crippen LogP) is 0.0280. The van der Waals surface area contributed by atoms with Crippen LogP contribution in [0.3, 0.4) is 0 Å². The first-order valence-electron chi connectivity index (χ1n) is 6.09. The second-order valence-electron chi connectivity index (χ2n) is 4.52. The van der Waals surface area contributed by atoms with Crippen LogP contribution in [-0.2, 0) is 7.05 Å². The lowest BCUT2D eigenvalue weighted by molar-refractivity contribution is -0.671. The van der Waals surface area contributed by atoms with E-state index < -0.39 is 0 Å². The fourth-order valence-corrected chi connectivity index (χ4v) is 2.12. The SMILES string of the molecule is C[n+]1ccc(C=CC2C=Nc3ccccc32)cc1.[I-]. The number of aryl methyl sites for hydroxylation is 1. The van der Waals surface area contributed by atoms with Crippen molar-refractivity contribution < 1.29 is 28.5 Å². The molecular weight excluding hydrogens is 347 g/mol. The minimum absolute atomic E-state index is 0. The van der Waals surface area contributed by atoms with Gasteiger partial charge in [0.15, 0.2) is 12.4 Å². The van der Waals surface area contributed by atoms with Gasteiger partial charge in [-0.1, -0.05) is 30.4 Å². The van der Waals surface area contributed by atoms with Crippen LogP contribution in [0.5, 0.6) is 0 Å². The van der Waals surface area contributed by atoms with Crippen molar-refractivity contribution in [1.82, 2.24) is 0 Å². The number of aliphatic imine (C=N–C) groups is 1. The molecule has 0 saturated heterocycles. The molecule has 2 nitrogen and oxygen atoms in total. The monoisotopic (exact) mass is 362 g/mol. The summed E-state index contributed by atoms with van der Waals surface area (Å²) < 4.78 is 2.03. The fraction of sp³-hybridized carbons (Fsp3) is 0.125. The zero-order chi connectivity index (χ0) is 12.4. The Bertz CT molecular complexity index is 615. The van der Waals surface area contributed by atoms with E-state index in [1.165, 1.54) is 11.1 Å². The maximum atomic E-state index is 4.43. The molecule has 0 N–H and O–H groups in total. The number of para-hydroxylation sites is 1. The molecule has 1 aromatic heterocycles. The average Bonchev–Trinajstić information content (AvgIpc) is 2.82. The van der Waals surface area contributed by atoms with Crippen LogP contribution in [0.15, 0.2) is 59.9 Å². The van der Waals surface area contributed by atoms with Gasteiger partial charge in [0.25, 0.3) is 0 Å². The standard InChI is InChI=1S/C16H15N2.HI/c1-18-10-8-13(9-11-18)6-7-14-12-17-16-5-3-2-4-15(14)16;/h2-12,14H,1H3;1H/q+1;/p-1. The van der Waals surface area contributed by atoms with Crippen LogP contribution in [0.2, 0.25) is 0 Å². The Morgan fingerprint density at radius 3 is 2.63 bits per heavy atom. The number of hydrogen-bond acceptors (Lipinski definition) is 1. The van der Waals surface area contributed by atoms with E-state index in [1.54, 1.807) is 0 Å². The van der Waals surface area contributed by atoms with Crippen LogP contribution in [0.4, 0.5) is 5.69 Å². The van der Waals surface area contributed by atoms with Crippen molar-refractivity contribution in [2.75, 3.05) is 0 Å². The molecule has 1 aliphatic rings. The number of nitrogens with zero attached hydrogens (tertiary/aromatic N) is 2. The third kappa shape index (κ3) is 3.10. The average molecular weight is 362 g/mol. The molecule has 0 saturated carbocycles. The summed E-state index contributed by atoms with van der Waals surface area (Å²) in [5.74, 6) is 0.301. The number of rotatable bonds is 2. The molecule has 0 amide bonds. The highest BCUT2D eigenvalue weighted by Gasteiger charge is 2.14. The van der Waals surface area contributed by atoms with E-state index in [1.807, 2.05) is 23.9 Å². The minimum Gasteiger partial charge on any atom is -1.00 e. The Balaban J connectivity index is 0.00000133. The van der Waals surface area contributed by atoms with E-state index in [0.29, 0.717) is 5.92 Å². The first-order valence-corrected chi connectivity index (χ1v) is 6.09. The van der Waals surface area contributed by atoms with Gasteiger partial charge in [0.05, 0.1) is 5.69 Å². The molecule has 1 atom stereocenters. The highest BCUT2D eigenvalue weighted by Crippen LogP contribution is 2.32. The first kappa shape index (κ1) is 13.9. The van der Waals surface area contributed by atoms with Crippen LogP contribution in [0.25, 0.3) is 6.08 Å². The summed E-state index contributed by atoms with van der Waals surface area (Å²) in [6, 6.07) is 12.5. The van der Waals surface area contributed by atoms with Gasteiger partial charge in [0.2, 0.25) is 0 Å². The largest absolute Gasteiger partial charge is 1.00 e. The maximum Gasteiger partial charge on any atom is 0.169 e. The second kappa shape index (κ2) is 6.10. The number of fused-ring (bicyclic) bond motifs is 1. The van der Waals surface area contributed by atoms with Gasteiger partial charge < -0.3 is 24.0 Å². The van der Waals surface area contributed by atoms with Crippen LogP contribution < -0.4 is 28.5 Å². The molecule has 1 unspecified atom stereocenters. The first-order chi connectivity index (χ1) is 8.83. The van der Waals surface area contributed by atoms with E-state index in [9.17, 15) is 0 Å². The van der Waals surface area contributed by atoms with Crippen molar-refractivity contribution in [3.8, 4) is 0 Å². The van der Waals surface area contributed by atoms with Crippen LogP contribution >= 0.6 is 0 Å². The van der Waals surface area contributed by atoms with Crippen LogP contribution in [0, 0.1) is 0 Å². The van der Waals surface area contributed by atoms with Crippen molar-refractivity contribution in [1.29, 1.82) is 0 Å². The number of aromatic nitrogens is 1. The van der Waals surface area contributed by atoms with Crippen molar-refractivity contribution in [3.05, 3.63) is 66.0 Å². The van der Waals surface area contributed by atoms with Gasteiger partial charge in [-0.3, -0.25) is 4.99 Å². The molecule has 1 aromatic carbocycles. The molecule has 0 aliphatic carbocycles. The smallest absolute Gasteiger partial charge is 0.169 e. The molecule has 19 heavy (non-hydrogen) atoms. The minimum atomic E-state index is 0. The summed E-state index contributed by atoms with van der Waals surface area (Å²) in [6.45, 7) is 0. The fourth-order valence-electron chi connectivity index (χ4n) is 2.12. The molecule has 2 aromatic rings. The van der Waals surface area contributed by atoms with E-state index in [-0.39, 0.29) is 24.0 Å². The Morgan fingerprint density at radius 1 is 1.11 bits per heavy atom. The summed E-state index contributed by atoms with van der Waals surface area (Å²) in [7, 11) is 2.02. The Kier molecular flexibility index (Phi) is 4.47. The zero-order valence-corrected chi connectivity index (χ0v) is 12.9. The summed E-state index contributed by atoms with van der Waals surface area (Å²) in [4.78, 5) is 4.43. The molecule has 3 heteroatoms. The van der Waals surface area contributed by atoms with Crippen molar-refractivity contribution in [2.24, 2.45) is 12.0 Å². The lowest BCUT2D eigenvalue weighted by Crippen LogP contribution is -3.00. The third-order valence-corrected chi connectivity index (χ3v) is 3.17. The van der Waals surface area contributed by atoms with E-state index in [0.717, 1.165) is 5.69 Å². The van der Waals surface area contributed by atoms with Crippen molar-refractivity contribution in [2.45, 2.75) is 5.92 Å². The van der Waals surface area contributed by atoms with Gasteiger partial charge >= 0.3 is 0 Å². The van der Waals surface area contributed by atoms with E-state index in [2.05, 4.69) is 59.9 Å². The quantitative estimate of drug-likeness (QED) is 0.530. The number of benzene rings is 1. The summed E-state index contributed by atoms with van der Waals surface area (Å²) in [5, 5.41) is 0. The van der Waals surface area contributed by atoms with Gasteiger partial charge in [-0.25, -0.2) is 4.57 Å². The summed E-state index contributed by atoms with van der Waals surface area (Å²) in [5.41, 5.74) is 3.59. The zero-order valence-electron chi connectivity index (χ0n) is 10.7. The van der Waals surface area contributed by atoms with Crippen molar-refractivity contribution in [3.63, 3.8) is 0 Å². The highest BCUT2D eigenvalue weighted by molar-refractivity contribution is 5.83. The molecular formula is C16H15IN2.